The van der Waals surface area contributed by atoms with E-state index in [1.807, 2.05) is 0 Å². The monoisotopic (exact) mass is 286 g/mol. The van der Waals surface area contributed by atoms with Crippen LogP contribution in [0.4, 0.5) is 13.2 Å². The molecular weight excluding hydrogens is 265 g/mol. The minimum absolute atomic E-state index is 0.385. The third-order valence-electron chi connectivity index (χ3n) is 4.06. The second kappa shape index (κ2) is 6.14. The molecule has 1 saturated heterocycles. The van der Waals surface area contributed by atoms with Crippen LogP contribution in [0.5, 0.6) is 0 Å². The highest BCUT2D eigenvalue weighted by molar-refractivity contribution is 5.25. The average molecular weight is 286 g/mol. The average Bonchev–Trinajstić information content (AvgIpc) is 2.39. The number of nitrogens with one attached hydrogen (secondary N) is 1. The molecule has 0 spiro atoms. The molecule has 1 N–H and O–H groups in total. The third kappa shape index (κ3) is 3.96. The van der Waals surface area contributed by atoms with E-state index in [0.717, 1.165) is 25.5 Å². The fourth-order valence-corrected chi connectivity index (χ4v) is 2.59. The first kappa shape index (κ1) is 15.3. The molecule has 0 amide bonds. The second-order valence-corrected chi connectivity index (χ2v) is 5.63. The standard InChI is InChI=1S/C15H21F3N2/c1-11-8-14(6-7-20(11)2)19-10-12-4-3-5-13(9-12)15(16,17)18/h3-5,9,11,14,19H,6-8,10H2,1-2H3. The lowest BCUT2D eigenvalue weighted by atomic mass is 9.98. The highest BCUT2D eigenvalue weighted by Crippen LogP contribution is 2.29. The van der Waals surface area contributed by atoms with Crippen molar-refractivity contribution in [3.8, 4) is 0 Å². The Balaban J connectivity index is 1.91. The van der Waals surface area contributed by atoms with Crippen LogP contribution < -0.4 is 5.32 Å². The quantitative estimate of drug-likeness (QED) is 0.917. The molecule has 112 valence electrons. The van der Waals surface area contributed by atoms with Crippen LogP contribution in [0.2, 0.25) is 0 Å². The van der Waals surface area contributed by atoms with E-state index in [1.54, 1.807) is 6.07 Å². The number of hydrogen-bond donors (Lipinski definition) is 1. The molecular formula is C15H21F3N2. The number of likely N-dealkylation sites (tertiary alicyclic amines) is 1. The summed E-state index contributed by atoms with van der Waals surface area (Å²) in [6, 6.07) is 6.45. The van der Waals surface area contributed by atoms with Gasteiger partial charge in [-0.05, 0) is 45.0 Å². The molecule has 2 rings (SSSR count). The summed E-state index contributed by atoms with van der Waals surface area (Å²) >= 11 is 0. The minimum Gasteiger partial charge on any atom is -0.310 e. The van der Waals surface area contributed by atoms with Gasteiger partial charge in [0.25, 0.3) is 0 Å². The van der Waals surface area contributed by atoms with Crippen molar-refractivity contribution in [3.05, 3.63) is 35.4 Å². The maximum Gasteiger partial charge on any atom is 0.416 e. The van der Waals surface area contributed by atoms with E-state index < -0.39 is 11.7 Å². The summed E-state index contributed by atoms with van der Waals surface area (Å²) in [6.07, 6.45) is -2.19. The highest BCUT2D eigenvalue weighted by Gasteiger charge is 2.30. The van der Waals surface area contributed by atoms with Crippen molar-refractivity contribution in [1.29, 1.82) is 0 Å². The van der Waals surface area contributed by atoms with E-state index in [9.17, 15) is 13.2 Å². The largest absolute Gasteiger partial charge is 0.416 e. The zero-order valence-corrected chi connectivity index (χ0v) is 11.9. The maximum atomic E-state index is 12.6. The van der Waals surface area contributed by atoms with Gasteiger partial charge in [0.2, 0.25) is 0 Å². The van der Waals surface area contributed by atoms with Gasteiger partial charge in [0, 0.05) is 18.6 Å². The molecule has 1 heterocycles. The van der Waals surface area contributed by atoms with E-state index in [4.69, 9.17) is 0 Å². The Bertz CT molecular complexity index is 445. The summed E-state index contributed by atoms with van der Waals surface area (Å²) in [5.74, 6) is 0. The molecule has 1 fully saturated rings. The van der Waals surface area contributed by atoms with Gasteiger partial charge < -0.3 is 10.2 Å². The van der Waals surface area contributed by atoms with E-state index in [-0.39, 0.29) is 0 Å². The van der Waals surface area contributed by atoms with E-state index in [0.29, 0.717) is 24.2 Å². The Kier molecular flexibility index (Phi) is 4.70. The molecule has 2 atom stereocenters. The van der Waals surface area contributed by atoms with Crippen molar-refractivity contribution in [2.75, 3.05) is 13.6 Å². The van der Waals surface area contributed by atoms with Crippen molar-refractivity contribution in [3.63, 3.8) is 0 Å². The van der Waals surface area contributed by atoms with Crippen molar-refractivity contribution < 1.29 is 13.2 Å². The second-order valence-electron chi connectivity index (χ2n) is 5.63. The predicted octanol–water partition coefficient (Wildman–Crippen LogP) is 3.28. The molecule has 1 aromatic carbocycles. The molecule has 0 bridgehead atoms. The summed E-state index contributed by atoms with van der Waals surface area (Å²) in [6.45, 7) is 3.70. The van der Waals surface area contributed by atoms with Gasteiger partial charge in [-0.15, -0.1) is 0 Å². The molecule has 1 aromatic rings. The Morgan fingerprint density at radius 3 is 2.75 bits per heavy atom. The molecule has 0 aromatic heterocycles. The summed E-state index contributed by atoms with van der Waals surface area (Å²) in [5.41, 5.74) is 0.111. The van der Waals surface area contributed by atoms with Gasteiger partial charge in [0.15, 0.2) is 0 Å². The normalized spacial score (nSPS) is 24.9. The van der Waals surface area contributed by atoms with Gasteiger partial charge in [0.1, 0.15) is 0 Å². The topological polar surface area (TPSA) is 15.3 Å². The number of benzene rings is 1. The zero-order valence-electron chi connectivity index (χ0n) is 11.9. The smallest absolute Gasteiger partial charge is 0.310 e. The van der Waals surface area contributed by atoms with Gasteiger partial charge >= 0.3 is 6.18 Å². The first-order chi connectivity index (χ1) is 9.36. The summed E-state index contributed by atoms with van der Waals surface area (Å²) in [4.78, 5) is 2.31. The summed E-state index contributed by atoms with van der Waals surface area (Å²) < 4.78 is 37.9. The number of piperidine rings is 1. The van der Waals surface area contributed by atoms with Crippen molar-refractivity contribution in [1.82, 2.24) is 10.2 Å². The Morgan fingerprint density at radius 2 is 2.10 bits per heavy atom. The van der Waals surface area contributed by atoms with Crippen LogP contribution in [0.1, 0.15) is 30.9 Å². The summed E-state index contributed by atoms with van der Waals surface area (Å²) in [7, 11) is 2.10. The summed E-state index contributed by atoms with van der Waals surface area (Å²) in [5, 5.41) is 3.37. The van der Waals surface area contributed by atoms with Gasteiger partial charge in [-0.25, -0.2) is 0 Å². The zero-order chi connectivity index (χ0) is 14.8. The first-order valence-corrected chi connectivity index (χ1v) is 6.96. The number of hydrogen-bond acceptors (Lipinski definition) is 2. The number of alkyl halides is 3. The molecule has 0 radical (unpaired) electrons. The van der Waals surface area contributed by atoms with Crippen LogP contribution in [0.15, 0.2) is 24.3 Å². The van der Waals surface area contributed by atoms with E-state index in [1.165, 1.54) is 12.1 Å². The van der Waals surface area contributed by atoms with Crippen molar-refractivity contribution >= 4 is 0 Å². The lowest BCUT2D eigenvalue weighted by Crippen LogP contribution is -2.45. The molecule has 5 heteroatoms. The van der Waals surface area contributed by atoms with Gasteiger partial charge in [-0.2, -0.15) is 13.2 Å². The van der Waals surface area contributed by atoms with Gasteiger partial charge in [-0.1, -0.05) is 18.2 Å². The third-order valence-corrected chi connectivity index (χ3v) is 4.06. The van der Waals surface area contributed by atoms with Crippen LogP contribution >= 0.6 is 0 Å². The number of nitrogens with zero attached hydrogens (tertiary/aromatic N) is 1. The maximum absolute atomic E-state index is 12.6. The molecule has 2 nitrogen and oxygen atoms in total. The molecule has 20 heavy (non-hydrogen) atoms. The molecule has 2 unspecified atom stereocenters. The Hall–Kier alpha value is -1.07. The SMILES string of the molecule is CC1CC(NCc2cccc(C(F)(F)F)c2)CCN1C. The fraction of sp³-hybridized carbons (Fsp3) is 0.600. The molecule has 1 aliphatic rings. The van der Waals surface area contributed by atoms with Crippen LogP contribution in [0, 0.1) is 0 Å². The fourth-order valence-electron chi connectivity index (χ4n) is 2.59. The van der Waals surface area contributed by atoms with Gasteiger partial charge in [0.05, 0.1) is 5.56 Å². The predicted molar refractivity (Wildman–Crippen MR) is 73.4 cm³/mol. The van der Waals surface area contributed by atoms with Crippen LogP contribution in [-0.2, 0) is 12.7 Å². The Labute approximate surface area is 118 Å². The van der Waals surface area contributed by atoms with Gasteiger partial charge in [-0.3, -0.25) is 0 Å². The molecule has 0 aliphatic carbocycles. The van der Waals surface area contributed by atoms with Crippen LogP contribution in [0.3, 0.4) is 0 Å². The van der Waals surface area contributed by atoms with E-state index >= 15 is 0 Å². The molecule has 0 saturated carbocycles. The number of rotatable bonds is 3. The molecule has 1 aliphatic heterocycles. The lowest BCUT2D eigenvalue weighted by molar-refractivity contribution is -0.137. The first-order valence-electron chi connectivity index (χ1n) is 6.96. The van der Waals surface area contributed by atoms with Crippen LogP contribution in [0.25, 0.3) is 0 Å². The minimum atomic E-state index is -4.27. The number of halogens is 3. The highest BCUT2D eigenvalue weighted by atomic mass is 19.4. The van der Waals surface area contributed by atoms with Crippen LogP contribution in [-0.4, -0.2) is 30.6 Å². The van der Waals surface area contributed by atoms with E-state index in [2.05, 4.69) is 24.2 Å². The Morgan fingerprint density at radius 1 is 1.35 bits per heavy atom. The lowest BCUT2D eigenvalue weighted by Gasteiger charge is -2.35. The van der Waals surface area contributed by atoms with Crippen molar-refractivity contribution in [2.45, 2.75) is 44.6 Å². The van der Waals surface area contributed by atoms with Crippen molar-refractivity contribution in [2.24, 2.45) is 0 Å².